The number of carbonyl (C=O) groups is 2. The molecule has 2 aromatic rings. The second-order valence-corrected chi connectivity index (χ2v) is 7.59. The minimum atomic E-state index is -0.377. The third-order valence-corrected chi connectivity index (χ3v) is 5.54. The first kappa shape index (κ1) is 17.5. The largest absolute Gasteiger partial charge is 0.326 e. The van der Waals surface area contributed by atoms with Crippen molar-refractivity contribution >= 4 is 23.3 Å². The Balaban J connectivity index is 1.34. The lowest BCUT2D eigenvalue weighted by atomic mass is 10.0. The molecule has 1 heterocycles. The number of aryl methyl sites for hydroxylation is 1. The zero-order valence-electron chi connectivity index (χ0n) is 15.2. The number of carbonyl (C=O) groups excluding carboxylic acids is 2. The summed E-state index contributed by atoms with van der Waals surface area (Å²) in [5.41, 5.74) is 2.19. The minimum Gasteiger partial charge on any atom is -0.326 e. The maximum Gasteiger partial charge on any atom is 0.321 e. The van der Waals surface area contributed by atoms with Crippen molar-refractivity contribution < 1.29 is 14.0 Å². The van der Waals surface area contributed by atoms with Crippen LogP contribution in [0.2, 0.25) is 0 Å². The van der Waals surface area contributed by atoms with Gasteiger partial charge in [0, 0.05) is 35.8 Å². The summed E-state index contributed by atoms with van der Waals surface area (Å²) in [6.07, 6.45) is 1.58. The number of anilines is 2. The van der Waals surface area contributed by atoms with E-state index in [1.54, 1.807) is 17.0 Å². The summed E-state index contributed by atoms with van der Waals surface area (Å²) < 4.78 is 13.3. The fourth-order valence-corrected chi connectivity index (χ4v) is 3.96. The van der Waals surface area contributed by atoms with Crippen molar-refractivity contribution in [3.8, 4) is 0 Å². The van der Waals surface area contributed by atoms with E-state index in [1.165, 1.54) is 12.1 Å². The number of nitrogens with one attached hydrogen (secondary N) is 2. The van der Waals surface area contributed by atoms with Crippen molar-refractivity contribution in [1.29, 1.82) is 0 Å². The summed E-state index contributed by atoms with van der Waals surface area (Å²) in [4.78, 5) is 26.8. The fourth-order valence-electron chi connectivity index (χ4n) is 3.96. The number of benzene rings is 2. The molecule has 1 saturated carbocycles. The van der Waals surface area contributed by atoms with Gasteiger partial charge >= 0.3 is 6.03 Å². The lowest BCUT2D eigenvalue weighted by molar-refractivity contribution is -0.118. The first-order chi connectivity index (χ1) is 12.9. The molecule has 0 radical (unpaired) electrons. The summed E-state index contributed by atoms with van der Waals surface area (Å²) in [5, 5.41) is 5.71. The summed E-state index contributed by atoms with van der Waals surface area (Å²) in [6, 6.07) is 13.4. The van der Waals surface area contributed by atoms with Gasteiger partial charge in [-0.05, 0) is 55.7 Å². The van der Waals surface area contributed by atoms with Gasteiger partial charge in [-0.2, -0.15) is 0 Å². The molecule has 27 heavy (non-hydrogen) atoms. The lowest BCUT2D eigenvalue weighted by Gasteiger charge is -2.18. The van der Waals surface area contributed by atoms with E-state index in [9.17, 15) is 14.0 Å². The molecule has 2 aromatic carbocycles. The number of halogens is 1. The zero-order valence-corrected chi connectivity index (χ0v) is 15.2. The summed E-state index contributed by atoms with van der Waals surface area (Å²) in [6.45, 7) is 3.19. The number of rotatable bonds is 3. The van der Waals surface area contributed by atoms with Crippen LogP contribution >= 0.6 is 0 Å². The Hall–Kier alpha value is -2.89. The zero-order chi connectivity index (χ0) is 19.0. The van der Waals surface area contributed by atoms with E-state index in [-0.39, 0.29) is 29.1 Å². The quantitative estimate of drug-likeness (QED) is 0.861. The van der Waals surface area contributed by atoms with Gasteiger partial charge in [-0.25, -0.2) is 9.18 Å². The molecule has 0 aromatic heterocycles. The van der Waals surface area contributed by atoms with Gasteiger partial charge < -0.3 is 15.5 Å². The van der Waals surface area contributed by atoms with Crippen molar-refractivity contribution in [1.82, 2.24) is 4.90 Å². The SMILES string of the molecule is Cc1cccc(NC(=O)N2CC[C@]3(C[C@@H]3C(=O)Nc3cccc(F)c3)C2)c1. The average Bonchev–Trinajstić information content (AvgIpc) is 3.15. The average molecular weight is 367 g/mol. The Labute approximate surface area is 157 Å². The third kappa shape index (κ3) is 3.65. The van der Waals surface area contributed by atoms with Crippen LogP contribution in [0.25, 0.3) is 0 Å². The van der Waals surface area contributed by atoms with Crippen LogP contribution in [0.5, 0.6) is 0 Å². The van der Waals surface area contributed by atoms with E-state index < -0.39 is 0 Å². The van der Waals surface area contributed by atoms with E-state index in [2.05, 4.69) is 10.6 Å². The van der Waals surface area contributed by atoms with E-state index >= 15 is 0 Å². The molecular formula is C21H22FN3O2. The molecule has 2 N–H and O–H groups in total. The van der Waals surface area contributed by atoms with Gasteiger partial charge in [0.15, 0.2) is 0 Å². The van der Waals surface area contributed by atoms with Crippen molar-refractivity contribution in [2.24, 2.45) is 11.3 Å². The van der Waals surface area contributed by atoms with Crippen LogP contribution in [0, 0.1) is 24.1 Å². The van der Waals surface area contributed by atoms with Crippen LogP contribution in [-0.4, -0.2) is 29.9 Å². The topological polar surface area (TPSA) is 61.4 Å². The number of urea groups is 1. The summed E-state index contributed by atoms with van der Waals surface area (Å²) >= 11 is 0. The van der Waals surface area contributed by atoms with Crippen LogP contribution in [-0.2, 0) is 4.79 Å². The van der Waals surface area contributed by atoms with Crippen LogP contribution in [0.1, 0.15) is 18.4 Å². The maximum atomic E-state index is 13.3. The van der Waals surface area contributed by atoms with E-state index in [0.29, 0.717) is 18.8 Å². The van der Waals surface area contributed by atoms with Gasteiger partial charge in [-0.3, -0.25) is 4.79 Å². The van der Waals surface area contributed by atoms with Crippen molar-refractivity contribution in [3.63, 3.8) is 0 Å². The Morgan fingerprint density at radius 3 is 2.59 bits per heavy atom. The van der Waals surface area contributed by atoms with Crippen LogP contribution in [0.15, 0.2) is 48.5 Å². The predicted molar refractivity (Wildman–Crippen MR) is 102 cm³/mol. The highest BCUT2D eigenvalue weighted by Crippen LogP contribution is 2.58. The van der Waals surface area contributed by atoms with Crippen LogP contribution in [0.4, 0.5) is 20.6 Å². The number of likely N-dealkylation sites (tertiary alicyclic amines) is 1. The highest BCUT2D eigenvalue weighted by molar-refractivity contribution is 5.95. The minimum absolute atomic E-state index is 0.0958. The molecule has 1 saturated heterocycles. The standard InChI is InChI=1S/C21H22FN3O2/c1-14-4-2-6-16(10-14)24-20(27)25-9-8-21(13-25)12-18(21)19(26)23-17-7-3-5-15(22)11-17/h2-7,10-11,18H,8-9,12-13H2,1H3,(H,23,26)(H,24,27)/t18-,21+/m1/s1. The number of amides is 3. The normalized spacial score (nSPS) is 23.3. The molecular weight excluding hydrogens is 345 g/mol. The highest BCUT2D eigenvalue weighted by atomic mass is 19.1. The van der Waals surface area contributed by atoms with Gasteiger partial charge in [0.2, 0.25) is 5.91 Å². The molecule has 5 nitrogen and oxygen atoms in total. The first-order valence-electron chi connectivity index (χ1n) is 9.14. The monoisotopic (exact) mass is 367 g/mol. The molecule has 2 atom stereocenters. The molecule has 6 heteroatoms. The lowest BCUT2D eigenvalue weighted by Crippen LogP contribution is -2.33. The Morgan fingerprint density at radius 2 is 1.85 bits per heavy atom. The second kappa shape index (κ2) is 6.68. The highest BCUT2D eigenvalue weighted by Gasteiger charge is 2.61. The molecule has 1 spiro atoms. The number of hydrogen-bond donors (Lipinski definition) is 2. The maximum absolute atomic E-state index is 13.3. The van der Waals surface area contributed by atoms with Crippen molar-refractivity contribution in [2.75, 3.05) is 23.7 Å². The van der Waals surface area contributed by atoms with E-state index in [1.807, 2.05) is 31.2 Å². The van der Waals surface area contributed by atoms with Crippen LogP contribution < -0.4 is 10.6 Å². The molecule has 2 aliphatic rings. The molecule has 0 unspecified atom stereocenters. The van der Waals surface area contributed by atoms with E-state index in [0.717, 1.165) is 24.1 Å². The first-order valence-corrected chi connectivity index (χ1v) is 9.14. The van der Waals surface area contributed by atoms with Crippen molar-refractivity contribution in [3.05, 3.63) is 59.9 Å². The van der Waals surface area contributed by atoms with Gasteiger partial charge in [0.05, 0.1) is 0 Å². The smallest absolute Gasteiger partial charge is 0.321 e. The molecule has 2 fully saturated rings. The molecule has 4 rings (SSSR count). The van der Waals surface area contributed by atoms with Crippen molar-refractivity contribution in [2.45, 2.75) is 19.8 Å². The Kier molecular flexibility index (Phi) is 4.34. The summed E-state index contributed by atoms with van der Waals surface area (Å²) in [5.74, 6) is -0.600. The molecule has 3 amide bonds. The van der Waals surface area contributed by atoms with Gasteiger partial charge in [0.1, 0.15) is 5.82 Å². The van der Waals surface area contributed by atoms with E-state index in [4.69, 9.17) is 0 Å². The molecule has 0 bridgehead atoms. The van der Waals surface area contributed by atoms with Gasteiger partial charge in [-0.1, -0.05) is 18.2 Å². The predicted octanol–water partition coefficient (Wildman–Crippen LogP) is 4.02. The third-order valence-electron chi connectivity index (χ3n) is 5.54. The Bertz CT molecular complexity index is 841. The second-order valence-electron chi connectivity index (χ2n) is 7.59. The van der Waals surface area contributed by atoms with Gasteiger partial charge in [0.25, 0.3) is 0 Å². The molecule has 1 aliphatic carbocycles. The van der Waals surface area contributed by atoms with Gasteiger partial charge in [-0.15, -0.1) is 0 Å². The van der Waals surface area contributed by atoms with Crippen LogP contribution in [0.3, 0.4) is 0 Å². The molecule has 140 valence electrons. The Morgan fingerprint density at radius 1 is 1.11 bits per heavy atom. The fraction of sp³-hybridized carbons (Fsp3) is 0.333. The number of hydrogen-bond acceptors (Lipinski definition) is 2. The molecule has 1 aliphatic heterocycles. The summed E-state index contributed by atoms with van der Waals surface area (Å²) in [7, 11) is 0. The number of nitrogens with zero attached hydrogens (tertiary/aromatic N) is 1.